The van der Waals surface area contributed by atoms with Crippen molar-refractivity contribution in [1.82, 2.24) is 0 Å². The molecule has 1 fully saturated rings. The van der Waals surface area contributed by atoms with Gasteiger partial charge in [0.15, 0.2) is 0 Å². The van der Waals surface area contributed by atoms with Gasteiger partial charge in [-0.3, -0.25) is 10.1 Å². The maximum absolute atomic E-state index is 10.9. The van der Waals surface area contributed by atoms with Crippen molar-refractivity contribution in [3.8, 4) is 0 Å². The molecule has 1 saturated carbocycles. The Bertz CT molecular complexity index is 437. The van der Waals surface area contributed by atoms with Gasteiger partial charge in [0.1, 0.15) is 5.69 Å². The quantitative estimate of drug-likeness (QED) is 0.658. The van der Waals surface area contributed by atoms with E-state index >= 15 is 0 Å². The van der Waals surface area contributed by atoms with Crippen LogP contribution in [0.2, 0.25) is 5.02 Å². The van der Waals surface area contributed by atoms with Gasteiger partial charge in [-0.15, -0.1) is 0 Å². The van der Waals surface area contributed by atoms with Gasteiger partial charge < -0.3 is 5.32 Å². The van der Waals surface area contributed by atoms with Crippen molar-refractivity contribution in [1.29, 1.82) is 0 Å². The van der Waals surface area contributed by atoms with Crippen LogP contribution in [0.5, 0.6) is 0 Å². The number of hydrogen-bond donors (Lipinski definition) is 1. The Morgan fingerprint density at radius 1 is 1.47 bits per heavy atom. The van der Waals surface area contributed by atoms with Crippen LogP contribution in [-0.4, -0.2) is 11.0 Å². The van der Waals surface area contributed by atoms with Gasteiger partial charge in [-0.05, 0) is 37.3 Å². The minimum Gasteiger partial charge on any atom is -0.377 e. The van der Waals surface area contributed by atoms with Crippen molar-refractivity contribution in [2.24, 2.45) is 5.92 Å². The zero-order chi connectivity index (χ0) is 12.4. The summed E-state index contributed by atoms with van der Waals surface area (Å²) in [6.45, 7) is 2.20. The lowest BCUT2D eigenvalue weighted by molar-refractivity contribution is -0.384. The third-order valence-corrected chi connectivity index (χ3v) is 3.44. The lowest BCUT2D eigenvalue weighted by Gasteiger charge is -2.14. The zero-order valence-corrected chi connectivity index (χ0v) is 10.4. The fourth-order valence-corrected chi connectivity index (χ4v) is 2.51. The fraction of sp³-hybridized carbons (Fsp3) is 0.500. The summed E-state index contributed by atoms with van der Waals surface area (Å²) in [5.74, 6) is 0.686. The summed E-state index contributed by atoms with van der Waals surface area (Å²) in [6.07, 6.45) is 3.29. The molecule has 0 bridgehead atoms. The first-order valence-electron chi connectivity index (χ1n) is 5.76. The van der Waals surface area contributed by atoms with Crippen LogP contribution in [0.3, 0.4) is 0 Å². The lowest BCUT2D eigenvalue weighted by atomic mass is 10.1. The second kappa shape index (κ2) is 4.92. The summed E-state index contributed by atoms with van der Waals surface area (Å²) in [5, 5.41) is 14.6. The van der Waals surface area contributed by atoms with Crippen LogP contribution in [0.1, 0.15) is 26.2 Å². The number of benzene rings is 1. The fourth-order valence-electron chi connectivity index (χ4n) is 2.34. The molecule has 92 valence electrons. The molecule has 2 atom stereocenters. The molecular weight excluding hydrogens is 240 g/mol. The van der Waals surface area contributed by atoms with Crippen LogP contribution in [0, 0.1) is 16.0 Å². The first kappa shape index (κ1) is 12.2. The van der Waals surface area contributed by atoms with Gasteiger partial charge in [0.25, 0.3) is 5.69 Å². The molecule has 0 aliphatic heterocycles. The Kier molecular flexibility index (Phi) is 3.52. The summed E-state index contributed by atoms with van der Waals surface area (Å²) in [4.78, 5) is 10.5. The molecule has 4 nitrogen and oxygen atoms in total. The highest BCUT2D eigenvalue weighted by Crippen LogP contribution is 2.32. The number of nitro groups is 1. The van der Waals surface area contributed by atoms with Gasteiger partial charge in [-0.25, -0.2) is 0 Å². The molecule has 0 amide bonds. The molecule has 1 aliphatic carbocycles. The monoisotopic (exact) mass is 254 g/mol. The number of nitrogens with zero attached hydrogens (tertiary/aromatic N) is 1. The van der Waals surface area contributed by atoms with E-state index in [0.717, 1.165) is 12.8 Å². The molecule has 1 N–H and O–H groups in total. The van der Waals surface area contributed by atoms with Crippen molar-refractivity contribution in [2.45, 2.75) is 32.2 Å². The molecule has 1 aliphatic rings. The smallest absolute Gasteiger partial charge is 0.292 e. The summed E-state index contributed by atoms with van der Waals surface area (Å²) < 4.78 is 0. The Morgan fingerprint density at radius 2 is 2.24 bits per heavy atom. The second-order valence-electron chi connectivity index (χ2n) is 4.68. The van der Waals surface area contributed by atoms with Crippen molar-refractivity contribution in [2.75, 3.05) is 5.32 Å². The molecule has 17 heavy (non-hydrogen) atoms. The molecule has 1 aromatic carbocycles. The van der Waals surface area contributed by atoms with Gasteiger partial charge in [-0.2, -0.15) is 0 Å². The van der Waals surface area contributed by atoms with Crippen molar-refractivity contribution >= 4 is 23.0 Å². The van der Waals surface area contributed by atoms with Gasteiger partial charge in [0, 0.05) is 17.1 Å². The predicted octanol–water partition coefficient (Wildman–Crippen LogP) is 3.85. The second-order valence-corrected chi connectivity index (χ2v) is 5.11. The topological polar surface area (TPSA) is 55.2 Å². The molecule has 0 saturated heterocycles. The number of nitro benzene ring substituents is 1. The van der Waals surface area contributed by atoms with E-state index in [0.29, 0.717) is 22.7 Å². The highest BCUT2D eigenvalue weighted by atomic mass is 35.5. The summed E-state index contributed by atoms with van der Waals surface area (Å²) in [6, 6.07) is 4.94. The Hall–Kier alpha value is -1.29. The van der Waals surface area contributed by atoms with Crippen LogP contribution in [0.25, 0.3) is 0 Å². The van der Waals surface area contributed by atoms with Gasteiger partial charge in [0.2, 0.25) is 0 Å². The Labute approximate surface area is 105 Å². The molecule has 2 unspecified atom stereocenters. The average Bonchev–Trinajstić information content (AvgIpc) is 2.63. The highest BCUT2D eigenvalue weighted by molar-refractivity contribution is 6.31. The van der Waals surface area contributed by atoms with Crippen LogP contribution < -0.4 is 5.32 Å². The number of anilines is 1. The van der Waals surface area contributed by atoms with Crippen molar-refractivity contribution in [3.63, 3.8) is 0 Å². The Morgan fingerprint density at radius 3 is 2.82 bits per heavy atom. The third kappa shape index (κ3) is 2.88. The van der Waals surface area contributed by atoms with E-state index in [9.17, 15) is 10.1 Å². The molecule has 5 heteroatoms. The number of rotatable bonds is 3. The van der Waals surface area contributed by atoms with E-state index in [1.807, 2.05) is 0 Å². The van der Waals surface area contributed by atoms with Crippen molar-refractivity contribution in [3.05, 3.63) is 33.3 Å². The number of halogens is 1. The standard InChI is InChI=1S/C12H15ClN2O2/c1-8-2-4-10(6-8)14-11-7-9(13)3-5-12(11)15(16)17/h3,5,7-8,10,14H,2,4,6H2,1H3. The average molecular weight is 255 g/mol. The first-order chi connectivity index (χ1) is 8.06. The molecule has 0 radical (unpaired) electrons. The molecule has 0 spiro atoms. The normalized spacial score (nSPS) is 23.6. The SMILES string of the molecule is CC1CCC(Nc2cc(Cl)ccc2[N+](=O)[O-])C1. The molecule has 0 aromatic heterocycles. The lowest BCUT2D eigenvalue weighted by Crippen LogP contribution is -2.16. The largest absolute Gasteiger partial charge is 0.377 e. The third-order valence-electron chi connectivity index (χ3n) is 3.21. The van der Waals surface area contributed by atoms with E-state index in [1.54, 1.807) is 12.1 Å². The van der Waals surface area contributed by atoms with Crippen LogP contribution in [0.15, 0.2) is 18.2 Å². The highest BCUT2D eigenvalue weighted by Gasteiger charge is 2.23. The number of nitrogens with one attached hydrogen (secondary N) is 1. The summed E-state index contributed by atoms with van der Waals surface area (Å²) in [5.41, 5.74) is 0.621. The van der Waals surface area contributed by atoms with Gasteiger partial charge in [-0.1, -0.05) is 18.5 Å². The summed E-state index contributed by atoms with van der Waals surface area (Å²) in [7, 11) is 0. The summed E-state index contributed by atoms with van der Waals surface area (Å²) >= 11 is 5.87. The van der Waals surface area contributed by atoms with Crippen molar-refractivity contribution < 1.29 is 4.92 Å². The minimum absolute atomic E-state index is 0.0916. The molecular formula is C12H15ClN2O2. The van der Waals surface area contributed by atoms with Gasteiger partial charge >= 0.3 is 0 Å². The van der Waals surface area contributed by atoms with E-state index < -0.39 is 0 Å². The van der Waals surface area contributed by atoms with E-state index in [2.05, 4.69) is 12.2 Å². The maximum atomic E-state index is 10.9. The minimum atomic E-state index is -0.378. The van der Waals surface area contributed by atoms with Crippen LogP contribution in [-0.2, 0) is 0 Å². The molecule has 2 rings (SSSR count). The molecule has 0 heterocycles. The van der Waals surface area contributed by atoms with E-state index in [1.165, 1.54) is 12.5 Å². The maximum Gasteiger partial charge on any atom is 0.292 e. The van der Waals surface area contributed by atoms with Gasteiger partial charge in [0.05, 0.1) is 4.92 Å². The van der Waals surface area contributed by atoms with E-state index in [4.69, 9.17) is 11.6 Å². The number of hydrogen-bond acceptors (Lipinski definition) is 3. The van der Waals surface area contributed by atoms with Crippen LogP contribution in [0.4, 0.5) is 11.4 Å². The van der Waals surface area contributed by atoms with Crippen LogP contribution >= 0.6 is 11.6 Å². The molecule has 1 aromatic rings. The first-order valence-corrected chi connectivity index (χ1v) is 6.14. The van der Waals surface area contributed by atoms with E-state index in [-0.39, 0.29) is 10.6 Å². The Balaban J connectivity index is 2.19. The predicted molar refractivity (Wildman–Crippen MR) is 68.5 cm³/mol. The zero-order valence-electron chi connectivity index (χ0n) is 9.65.